The number of aromatic nitrogens is 1. The SMILES string of the molecule is O=C1Cc2c(cc[nH]c2=O)N1. The molecule has 1 aromatic heterocycles. The number of nitrogens with one attached hydrogen (secondary N) is 2. The average molecular weight is 150 g/mol. The molecule has 2 rings (SSSR count). The van der Waals surface area contributed by atoms with Gasteiger partial charge in [-0.3, -0.25) is 9.59 Å². The van der Waals surface area contributed by atoms with E-state index in [1.54, 1.807) is 6.07 Å². The molecule has 11 heavy (non-hydrogen) atoms. The highest BCUT2D eigenvalue weighted by atomic mass is 16.2. The van der Waals surface area contributed by atoms with Gasteiger partial charge in [0.2, 0.25) is 5.91 Å². The van der Waals surface area contributed by atoms with Gasteiger partial charge in [0.25, 0.3) is 5.56 Å². The third kappa shape index (κ3) is 0.832. The monoisotopic (exact) mass is 150 g/mol. The molecule has 0 atom stereocenters. The Morgan fingerprint density at radius 3 is 2.91 bits per heavy atom. The molecule has 0 spiro atoms. The molecule has 1 aliphatic rings. The summed E-state index contributed by atoms with van der Waals surface area (Å²) in [6.07, 6.45) is 1.72. The molecular weight excluding hydrogens is 144 g/mol. The molecule has 4 heteroatoms. The first kappa shape index (κ1) is 6.15. The lowest BCUT2D eigenvalue weighted by atomic mass is 10.2. The Morgan fingerprint density at radius 2 is 2.18 bits per heavy atom. The molecule has 56 valence electrons. The Labute approximate surface area is 62.2 Å². The lowest BCUT2D eigenvalue weighted by Crippen LogP contribution is -2.09. The standard InChI is InChI=1S/C7H6N2O2/c10-6-3-4-5(9-6)1-2-8-7(4)11/h1-2H,3H2,(H,8,11)(H,9,10). The van der Waals surface area contributed by atoms with Crippen molar-refractivity contribution in [3.63, 3.8) is 0 Å². The number of hydrogen-bond donors (Lipinski definition) is 2. The maximum Gasteiger partial charge on any atom is 0.253 e. The summed E-state index contributed by atoms with van der Waals surface area (Å²) in [5.41, 5.74) is 0.997. The largest absolute Gasteiger partial charge is 0.329 e. The molecule has 4 nitrogen and oxygen atoms in total. The van der Waals surface area contributed by atoms with Gasteiger partial charge in [-0.05, 0) is 6.07 Å². The third-order valence-electron chi connectivity index (χ3n) is 1.68. The van der Waals surface area contributed by atoms with Crippen LogP contribution in [0, 0.1) is 0 Å². The van der Waals surface area contributed by atoms with E-state index in [4.69, 9.17) is 0 Å². The maximum atomic E-state index is 11.0. The van der Waals surface area contributed by atoms with Crippen molar-refractivity contribution in [3.8, 4) is 0 Å². The van der Waals surface area contributed by atoms with Gasteiger partial charge in [0, 0.05) is 6.20 Å². The van der Waals surface area contributed by atoms with Crippen molar-refractivity contribution >= 4 is 11.6 Å². The summed E-state index contributed by atoms with van der Waals surface area (Å²) in [5, 5.41) is 2.58. The highest BCUT2D eigenvalue weighted by molar-refractivity contribution is 5.98. The van der Waals surface area contributed by atoms with Crippen LogP contribution in [0.4, 0.5) is 5.69 Å². The van der Waals surface area contributed by atoms with E-state index in [0.717, 1.165) is 0 Å². The minimum Gasteiger partial charge on any atom is -0.329 e. The number of pyridine rings is 1. The number of H-pyrrole nitrogens is 1. The second kappa shape index (κ2) is 1.95. The summed E-state index contributed by atoms with van der Waals surface area (Å²) < 4.78 is 0. The van der Waals surface area contributed by atoms with Gasteiger partial charge in [0.1, 0.15) is 0 Å². The molecular formula is C7H6N2O2. The fourth-order valence-corrected chi connectivity index (χ4v) is 1.16. The summed E-state index contributed by atoms with van der Waals surface area (Å²) in [7, 11) is 0. The third-order valence-corrected chi connectivity index (χ3v) is 1.68. The van der Waals surface area contributed by atoms with Crippen LogP contribution in [0.5, 0.6) is 0 Å². The maximum absolute atomic E-state index is 11.0. The van der Waals surface area contributed by atoms with Crippen molar-refractivity contribution in [1.82, 2.24) is 4.98 Å². The summed E-state index contributed by atoms with van der Waals surface area (Å²) in [6.45, 7) is 0. The van der Waals surface area contributed by atoms with Crippen LogP contribution >= 0.6 is 0 Å². The molecule has 2 N–H and O–H groups in total. The van der Waals surface area contributed by atoms with Crippen molar-refractivity contribution in [2.75, 3.05) is 5.32 Å². The van der Waals surface area contributed by atoms with E-state index in [1.807, 2.05) is 0 Å². The highest BCUT2D eigenvalue weighted by Crippen LogP contribution is 2.16. The van der Waals surface area contributed by atoms with Crippen LogP contribution in [0.2, 0.25) is 0 Å². The zero-order valence-corrected chi connectivity index (χ0v) is 5.68. The molecule has 0 bridgehead atoms. The Balaban J connectivity index is 2.66. The summed E-state index contributed by atoms with van der Waals surface area (Å²) in [5.74, 6) is -0.114. The molecule has 0 unspecified atom stereocenters. The van der Waals surface area contributed by atoms with E-state index in [2.05, 4.69) is 10.3 Å². The van der Waals surface area contributed by atoms with Crippen LogP contribution in [0.1, 0.15) is 5.56 Å². The fraction of sp³-hybridized carbons (Fsp3) is 0.143. The molecule has 1 amide bonds. The minimum absolute atomic E-state index is 0.114. The lowest BCUT2D eigenvalue weighted by molar-refractivity contribution is -0.115. The molecule has 0 aliphatic carbocycles. The molecule has 2 heterocycles. The van der Waals surface area contributed by atoms with Gasteiger partial charge in [0.05, 0.1) is 17.7 Å². The Bertz CT molecular complexity index is 367. The zero-order chi connectivity index (χ0) is 7.84. The summed E-state index contributed by atoms with van der Waals surface area (Å²) in [6, 6.07) is 1.68. The Morgan fingerprint density at radius 1 is 1.36 bits per heavy atom. The van der Waals surface area contributed by atoms with Gasteiger partial charge in [-0.15, -0.1) is 0 Å². The Kier molecular flexibility index (Phi) is 1.09. The molecule has 0 fully saturated rings. The van der Waals surface area contributed by atoms with Crippen LogP contribution in [-0.2, 0) is 11.2 Å². The van der Waals surface area contributed by atoms with Gasteiger partial charge in [0.15, 0.2) is 0 Å². The predicted octanol–water partition coefficient (Wildman–Crippen LogP) is -0.131. The molecule has 0 saturated carbocycles. The highest BCUT2D eigenvalue weighted by Gasteiger charge is 2.19. The molecule has 0 aromatic carbocycles. The molecule has 0 saturated heterocycles. The molecule has 1 aliphatic heterocycles. The normalized spacial score (nSPS) is 14.4. The van der Waals surface area contributed by atoms with Crippen molar-refractivity contribution in [1.29, 1.82) is 0 Å². The first-order valence-electron chi connectivity index (χ1n) is 3.28. The predicted molar refractivity (Wildman–Crippen MR) is 39.4 cm³/mol. The molecule has 0 radical (unpaired) electrons. The molecule has 1 aromatic rings. The number of fused-ring (bicyclic) bond motifs is 1. The van der Waals surface area contributed by atoms with Gasteiger partial charge in [-0.1, -0.05) is 0 Å². The van der Waals surface area contributed by atoms with Crippen LogP contribution in [0.15, 0.2) is 17.1 Å². The smallest absolute Gasteiger partial charge is 0.253 e. The topological polar surface area (TPSA) is 62.0 Å². The average Bonchev–Trinajstić information content (AvgIpc) is 2.31. The van der Waals surface area contributed by atoms with Crippen LogP contribution in [0.3, 0.4) is 0 Å². The second-order valence-corrected chi connectivity index (χ2v) is 2.42. The van der Waals surface area contributed by atoms with E-state index in [9.17, 15) is 9.59 Å². The number of aromatic amines is 1. The number of rotatable bonds is 0. The van der Waals surface area contributed by atoms with Crippen molar-refractivity contribution in [3.05, 3.63) is 28.2 Å². The van der Waals surface area contributed by atoms with Crippen molar-refractivity contribution in [2.24, 2.45) is 0 Å². The van der Waals surface area contributed by atoms with Crippen LogP contribution in [-0.4, -0.2) is 10.9 Å². The van der Waals surface area contributed by atoms with Gasteiger partial charge < -0.3 is 10.3 Å². The first-order chi connectivity index (χ1) is 5.27. The quantitative estimate of drug-likeness (QED) is 0.541. The van der Waals surface area contributed by atoms with Gasteiger partial charge in [-0.25, -0.2) is 0 Å². The fourth-order valence-electron chi connectivity index (χ4n) is 1.16. The van der Waals surface area contributed by atoms with Crippen LogP contribution < -0.4 is 10.9 Å². The van der Waals surface area contributed by atoms with E-state index < -0.39 is 0 Å². The van der Waals surface area contributed by atoms with Gasteiger partial charge >= 0.3 is 0 Å². The number of carbonyl (C=O) groups excluding carboxylic acids is 1. The van der Waals surface area contributed by atoms with Crippen molar-refractivity contribution in [2.45, 2.75) is 6.42 Å². The van der Waals surface area contributed by atoms with E-state index in [1.165, 1.54) is 6.20 Å². The van der Waals surface area contributed by atoms with E-state index in [-0.39, 0.29) is 17.9 Å². The van der Waals surface area contributed by atoms with Crippen molar-refractivity contribution < 1.29 is 4.79 Å². The summed E-state index contributed by atoms with van der Waals surface area (Å²) in [4.78, 5) is 24.3. The second-order valence-electron chi connectivity index (χ2n) is 2.42. The number of amides is 1. The zero-order valence-electron chi connectivity index (χ0n) is 5.68. The minimum atomic E-state index is -0.180. The summed E-state index contributed by atoms with van der Waals surface area (Å²) >= 11 is 0. The Hall–Kier alpha value is -1.58. The van der Waals surface area contributed by atoms with E-state index in [0.29, 0.717) is 11.3 Å². The number of hydrogen-bond acceptors (Lipinski definition) is 2. The lowest BCUT2D eigenvalue weighted by Gasteiger charge is -1.92. The van der Waals surface area contributed by atoms with Gasteiger partial charge in [-0.2, -0.15) is 0 Å². The van der Waals surface area contributed by atoms with Crippen LogP contribution in [0.25, 0.3) is 0 Å². The first-order valence-corrected chi connectivity index (χ1v) is 3.28. The van der Waals surface area contributed by atoms with E-state index >= 15 is 0 Å². The number of anilines is 1. The number of carbonyl (C=O) groups is 1.